The zero-order valence-corrected chi connectivity index (χ0v) is 15.1. The van der Waals surface area contributed by atoms with Crippen molar-refractivity contribution < 1.29 is 8.42 Å². The fraction of sp³-hybridized carbons (Fsp3) is 0.400. The van der Waals surface area contributed by atoms with Crippen LogP contribution in [0.4, 0.5) is 0 Å². The molecule has 2 rings (SSSR count). The number of benzene rings is 1. The number of aryl methyl sites for hydroxylation is 1. The number of sulfonamides is 1. The van der Waals surface area contributed by atoms with Crippen LogP contribution >= 0.6 is 22.9 Å². The number of thiazole rings is 1. The van der Waals surface area contributed by atoms with Gasteiger partial charge in [0.05, 0.1) is 10.9 Å². The first-order valence-corrected chi connectivity index (χ1v) is 9.74. The third kappa shape index (κ3) is 4.29. The monoisotopic (exact) mass is 358 g/mol. The maximum atomic E-state index is 11.7. The summed E-state index contributed by atoms with van der Waals surface area (Å²) in [6.45, 7) is 5.67. The number of nitrogens with one attached hydrogen (secondary N) is 1. The molecule has 0 aliphatic carbocycles. The van der Waals surface area contributed by atoms with Crippen molar-refractivity contribution in [1.29, 1.82) is 0 Å². The first-order chi connectivity index (χ1) is 10.3. The lowest BCUT2D eigenvalue weighted by molar-refractivity contribution is 0.572. The molecular formula is C15H19ClN2O2S2. The third-order valence-corrected chi connectivity index (χ3v) is 6.63. The molecule has 1 N–H and O–H groups in total. The van der Waals surface area contributed by atoms with E-state index in [0.717, 1.165) is 21.1 Å². The average Bonchev–Trinajstić information content (AvgIpc) is 2.81. The van der Waals surface area contributed by atoms with E-state index in [1.807, 2.05) is 31.2 Å². The summed E-state index contributed by atoms with van der Waals surface area (Å²) >= 11 is 7.48. The van der Waals surface area contributed by atoms with Crippen molar-refractivity contribution in [2.24, 2.45) is 0 Å². The molecule has 1 heterocycles. The molecule has 0 bridgehead atoms. The summed E-state index contributed by atoms with van der Waals surface area (Å²) in [5, 5.41) is 1.20. The fourth-order valence-electron chi connectivity index (χ4n) is 1.85. The van der Waals surface area contributed by atoms with Crippen molar-refractivity contribution in [1.82, 2.24) is 9.71 Å². The molecule has 0 amide bonds. The quantitative estimate of drug-likeness (QED) is 0.857. The average molecular weight is 359 g/mol. The van der Waals surface area contributed by atoms with E-state index in [1.54, 1.807) is 25.2 Å². The molecule has 0 saturated carbocycles. The maximum absolute atomic E-state index is 11.7. The van der Waals surface area contributed by atoms with Crippen LogP contribution in [0.1, 0.15) is 24.4 Å². The first kappa shape index (κ1) is 17.4. The van der Waals surface area contributed by atoms with E-state index in [1.165, 1.54) is 0 Å². The summed E-state index contributed by atoms with van der Waals surface area (Å²) in [4.78, 5) is 5.65. The SMILES string of the molecule is Cc1nc(-c2ccc(Cl)cc2)sc1CCNS(=O)(=O)C(C)C. The Kier molecular flexibility index (Phi) is 5.60. The summed E-state index contributed by atoms with van der Waals surface area (Å²) in [6, 6.07) is 7.55. The Morgan fingerprint density at radius 3 is 2.50 bits per heavy atom. The van der Waals surface area contributed by atoms with E-state index in [4.69, 9.17) is 11.6 Å². The van der Waals surface area contributed by atoms with Crippen LogP contribution in [0.3, 0.4) is 0 Å². The van der Waals surface area contributed by atoms with Crippen molar-refractivity contribution >= 4 is 33.0 Å². The molecule has 1 aromatic carbocycles. The van der Waals surface area contributed by atoms with E-state index >= 15 is 0 Å². The third-order valence-electron chi connectivity index (χ3n) is 3.26. The molecule has 0 radical (unpaired) electrons. The highest BCUT2D eigenvalue weighted by Crippen LogP contribution is 2.29. The number of rotatable bonds is 6. The van der Waals surface area contributed by atoms with Crippen LogP contribution in [0.2, 0.25) is 5.02 Å². The van der Waals surface area contributed by atoms with Gasteiger partial charge in [-0.3, -0.25) is 0 Å². The molecule has 0 fully saturated rings. The van der Waals surface area contributed by atoms with Crippen LogP contribution in [-0.2, 0) is 16.4 Å². The molecule has 120 valence electrons. The summed E-state index contributed by atoms with van der Waals surface area (Å²) in [7, 11) is -3.21. The smallest absolute Gasteiger partial charge is 0.213 e. The highest BCUT2D eigenvalue weighted by molar-refractivity contribution is 7.90. The van der Waals surface area contributed by atoms with E-state index in [2.05, 4.69) is 9.71 Å². The summed E-state index contributed by atoms with van der Waals surface area (Å²) < 4.78 is 26.1. The van der Waals surface area contributed by atoms with Crippen LogP contribution in [0.25, 0.3) is 10.6 Å². The van der Waals surface area contributed by atoms with Gasteiger partial charge in [0, 0.05) is 22.0 Å². The molecule has 0 aliphatic heterocycles. The molecule has 0 unspecified atom stereocenters. The Balaban J connectivity index is 2.06. The summed E-state index contributed by atoms with van der Waals surface area (Å²) in [5.74, 6) is 0. The van der Waals surface area contributed by atoms with Gasteiger partial charge in [-0.15, -0.1) is 11.3 Å². The zero-order chi connectivity index (χ0) is 16.3. The van der Waals surface area contributed by atoms with Gasteiger partial charge in [-0.25, -0.2) is 18.1 Å². The standard InChI is InChI=1S/C15H19ClN2O2S2/c1-10(2)22(19,20)17-9-8-14-11(3)18-15(21-14)12-4-6-13(16)7-5-12/h4-7,10,17H,8-9H2,1-3H3. The predicted octanol–water partition coefficient (Wildman–Crippen LogP) is 3.64. The van der Waals surface area contributed by atoms with Crippen molar-refractivity contribution in [3.63, 3.8) is 0 Å². The van der Waals surface area contributed by atoms with Crippen LogP contribution in [-0.4, -0.2) is 25.2 Å². The van der Waals surface area contributed by atoms with Gasteiger partial charge in [0.15, 0.2) is 0 Å². The topological polar surface area (TPSA) is 59.1 Å². The van der Waals surface area contributed by atoms with E-state index in [9.17, 15) is 8.42 Å². The highest BCUT2D eigenvalue weighted by atomic mass is 35.5. The Morgan fingerprint density at radius 2 is 1.91 bits per heavy atom. The number of hydrogen-bond donors (Lipinski definition) is 1. The number of aromatic nitrogens is 1. The van der Waals surface area contributed by atoms with Gasteiger partial charge in [0.2, 0.25) is 10.0 Å². The van der Waals surface area contributed by atoms with Crippen LogP contribution in [0, 0.1) is 6.92 Å². The molecule has 0 spiro atoms. The van der Waals surface area contributed by atoms with Gasteiger partial charge >= 0.3 is 0 Å². The summed E-state index contributed by atoms with van der Waals surface area (Å²) in [6.07, 6.45) is 0.642. The lowest BCUT2D eigenvalue weighted by Crippen LogP contribution is -2.32. The molecule has 0 atom stereocenters. The molecule has 0 aliphatic rings. The largest absolute Gasteiger partial charge is 0.241 e. The Morgan fingerprint density at radius 1 is 1.27 bits per heavy atom. The van der Waals surface area contributed by atoms with Crippen molar-refractivity contribution in [2.45, 2.75) is 32.4 Å². The molecule has 4 nitrogen and oxygen atoms in total. The van der Waals surface area contributed by atoms with Gasteiger partial charge in [-0.2, -0.15) is 0 Å². The van der Waals surface area contributed by atoms with Gasteiger partial charge in [0.1, 0.15) is 5.01 Å². The molecule has 0 saturated heterocycles. The lowest BCUT2D eigenvalue weighted by atomic mass is 10.2. The second-order valence-corrected chi connectivity index (χ2v) is 9.11. The first-order valence-electron chi connectivity index (χ1n) is 7.00. The minimum absolute atomic E-state index is 0.392. The number of halogens is 1. The number of nitrogens with zero attached hydrogens (tertiary/aromatic N) is 1. The summed E-state index contributed by atoms with van der Waals surface area (Å²) in [5.41, 5.74) is 1.96. The van der Waals surface area contributed by atoms with Crippen LogP contribution < -0.4 is 4.72 Å². The van der Waals surface area contributed by atoms with Crippen molar-refractivity contribution in [2.75, 3.05) is 6.54 Å². The van der Waals surface area contributed by atoms with Crippen LogP contribution in [0.15, 0.2) is 24.3 Å². The normalized spacial score (nSPS) is 12.0. The Labute approximate surface area is 140 Å². The minimum Gasteiger partial charge on any atom is -0.241 e. The molecule has 7 heteroatoms. The lowest BCUT2D eigenvalue weighted by Gasteiger charge is -2.08. The van der Waals surface area contributed by atoms with Crippen molar-refractivity contribution in [3.05, 3.63) is 39.9 Å². The van der Waals surface area contributed by atoms with Gasteiger partial charge in [-0.1, -0.05) is 23.7 Å². The van der Waals surface area contributed by atoms with Gasteiger partial charge in [-0.05, 0) is 39.3 Å². The predicted molar refractivity (Wildman–Crippen MR) is 93.1 cm³/mol. The highest BCUT2D eigenvalue weighted by Gasteiger charge is 2.15. The molecule has 2 aromatic rings. The second kappa shape index (κ2) is 7.08. The second-order valence-electron chi connectivity index (χ2n) is 5.27. The minimum atomic E-state index is -3.21. The molecule has 1 aromatic heterocycles. The van der Waals surface area contributed by atoms with E-state index in [-0.39, 0.29) is 0 Å². The van der Waals surface area contributed by atoms with Crippen LogP contribution in [0.5, 0.6) is 0 Å². The van der Waals surface area contributed by atoms with E-state index < -0.39 is 15.3 Å². The Hall–Kier alpha value is -0.950. The Bertz CT molecular complexity index is 737. The fourth-order valence-corrected chi connectivity index (χ4v) is 3.76. The van der Waals surface area contributed by atoms with Gasteiger partial charge in [0.25, 0.3) is 0 Å². The van der Waals surface area contributed by atoms with Crippen molar-refractivity contribution in [3.8, 4) is 10.6 Å². The zero-order valence-electron chi connectivity index (χ0n) is 12.8. The van der Waals surface area contributed by atoms with Gasteiger partial charge < -0.3 is 0 Å². The molecule has 22 heavy (non-hydrogen) atoms. The van der Waals surface area contributed by atoms with E-state index in [0.29, 0.717) is 18.0 Å². The molecular weight excluding hydrogens is 340 g/mol. The number of hydrogen-bond acceptors (Lipinski definition) is 4. The maximum Gasteiger partial charge on any atom is 0.213 e.